The number of amides is 2. The first kappa shape index (κ1) is 18.4. The normalized spacial score (nSPS) is 21.3. The zero-order chi connectivity index (χ0) is 16.7. The predicted octanol–water partition coefficient (Wildman–Crippen LogP) is -1.20. The lowest BCUT2D eigenvalue weighted by molar-refractivity contribution is -0.137. The zero-order valence-corrected chi connectivity index (χ0v) is 13.1. The topological polar surface area (TPSA) is 143 Å². The molecule has 1 aliphatic heterocycles. The number of carbonyl (C=O) groups is 3. The molecule has 0 aromatic rings. The van der Waals surface area contributed by atoms with Crippen LogP contribution in [-0.2, 0) is 14.4 Å². The van der Waals surface area contributed by atoms with Gasteiger partial charge in [0.15, 0.2) is 0 Å². The van der Waals surface area contributed by atoms with Gasteiger partial charge in [0, 0.05) is 6.54 Å². The van der Waals surface area contributed by atoms with E-state index in [4.69, 9.17) is 10.8 Å². The minimum atomic E-state index is -1.06. The summed E-state index contributed by atoms with van der Waals surface area (Å²) in [5, 5.41) is 16.8. The van der Waals surface area contributed by atoms with E-state index in [1.807, 2.05) is 13.8 Å². The molecule has 22 heavy (non-hydrogen) atoms. The third-order valence-electron chi connectivity index (χ3n) is 3.40. The summed E-state index contributed by atoms with van der Waals surface area (Å²) in [6.45, 7) is 5.00. The van der Waals surface area contributed by atoms with Crippen molar-refractivity contribution >= 4 is 17.8 Å². The Balaban J connectivity index is 2.48. The Hall–Kier alpha value is -1.67. The van der Waals surface area contributed by atoms with Gasteiger partial charge in [0.25, 0.3) is 0 Å². The fourth-order valence-corrected chi connectivity index (χ4v) is 2.15. The molecule has 0 bridgehead atoms. The standard InChI is InChI=1S/C14H26N4O4/c1-8(2)7-9(12(19)16-6-4-3-5-15)17-13(20)10-11(18-10)14(21)22/h8-11,18H,3-7,15H2,1-2H3,(H,16,19)(H,17,20)(H,21,22)/t9-,10-,11-/m0/s1. The number of hydrogen-bond donors (Lipinski definition) is 5. The molecule has 1 saturated heterocycles. The van der Waals surface area contributed by atoms with Gasteiger partial charge in [-0.1, -0.05) is 13.8 Å². The number of rotatable bonds is 10. The van der Waals surface area contributed by atoms with Gasteiger partial charge in [-0.2, -0.15) is 0 Å². The Bertz CT molecular complexity index is 414. The summed E-state index contributed by atoms with van der Waals surface area (Å²) in [6.07, 6.45) is 2.11. The van der Waals surface area contributed by atoms with Crippen LogP contribution in [0.2, 0.25) is 0 Å². The van der Waals surface area contributed by atoms with Crippen molar-refractivity contribution in [3.8, 4) is 0 Å². The van der Waals surface area contributed by atoms with E-state index in [0.717, 1.165) is 12.8 Å². The third-order valence-corrected chi connectivity index (χ3v) is 3.40. The van der Waals surface area contributed by atoms with Crippen molar-refractivity contribution in [2.75, 3.05) is 13.1 Å². The predicted molar refractivity (Wildman–Crippen MR) is 81.0 cm³/mol. The van der Waals surface area contributed by atoms with Crippen LogP contribution >= 0.6 is 0 Å². The smallest absolute Gasteiger partial charge is 0.322 e. The average Bonchev–Trinajstić information content (AvgIpc) is 3.22. The van der Waals surface area contributed by atoms with Crippen molar-refractivity contribution in [1.29, 1.82) is 0 Å². The second kappa shape index (κ2) is 8.70. The maximum atomic E-state index is 12.1. The van der Waals surface area contributed by atoms with Gasteiger partial charge in [-0.15, -0.1) is 0 Å². The minimum absolute atomic E-state index is 0.225. The second-order valence-corrected chi connectivity index (χ2v) is 5.94. The maximum absolute atomic E-state index is 12.1. The highest BCUT2D eigenvalue weighted by molar-refractivity contribution is 5.97. The summed E-state index contributed by atoms with van der Waals surface area (Å²) in [5.41, 5.74) is 5.39. The van der Waals surface area contributed by atoms with Crippen molar-refractivity contribution in [2.24, 2.45) is 11.7 Å². The first-order valence-electron chi connectivity index (χ1n) is 7.63. The molecule has 6 N–H and O–H groups in total. The zero-order valence-electron chi connectivity index (χ0n) is 13.1. The number of hydrogen-bond acceptors (Lipinski definition) is 5. The van der Waals surface area contributed by atoms with E-state index in [1.54, 1.807) is 0 Å². The summed E-state index contributed by atoms with van der Waals surface area (Å²) >= 11 is 0. The maximum Gasteiger partial charge on any atom is 0.322 e. The van der Waals surface area contributed by atoms with Gasteiger partial charge in [-0.25, -0.2) is 0 Å². The molecule has 0 aliphatic carbocycles. The third kappa shape index (κ3) is 5.98. The molecule has 8 nitrogen and oxygen atoms in total. The van der Waals surface area contributed by atoms with E-state index in [9.17, 15) is 14.4 Å². The van der Waals surface area contributed by atoms with Crippen LogP contribution in [-0.4, -0.2) is 54.1 Å². The Morgan fingerprint density at radius 2 is 1.91 bits per heavy atom. The summed E-state index contributed by atoms with van der Waals surface area (Å²) in [4.78, 5) is 34.8. The Kier molecular flexibility index (Phi) is 7.26. The average molecular weight is 314 g/mol. The molecule has 0 spiro atoms. The van der Waals surface area contributed by atoms with Crippen molar-refractivity contribution in [1.82, 2.24) is 16.0 Å². The molecule has 126 valence electrons. The number of carboxylic acids is 1. The molecule has 1 aliphatic rings. The van der Waals surface area contributed by atoms with Crippen molar-refractivity contribution in [3.63, 3.8) is 0 Å². The SMILES string of the molecule is CC(C)C[C@H](NC(=O)[C@H]1N[C@@H]1C(=O)O)C(=O)NCCCCN. The Morgan fingerprint density at radius 3 is 2.41 bits per heavy atom. The van der Waals surface area contributed by atoms with Crippen LogP contribution < -0.4 is 21.7 Å². The van der Waals surface area contributed by atoms with Gasteiger partial charge in [0.2, 0.25) is 11.8 Å². The molecule has 3 atom stereocenters. The highest BCUT2D eigenvalue weighted by Gasteiger charge is 2.48. The van der Waals surface area contributed by atoms with Gasteiger partial charge in [0.1, 0.15) is 18.1 Å². The summed E-state index contributed by atoms with van der Waals surface area (Å²) in [7, 11) is 0. The van der Waals surface area contributed by atoms with Crippen molar-refractivity contribution in [3.05, 3.63) is 0 Å². The van der Waals surface area contributed by atoms with Gasteiger partial charge < -0.3 is 21.5 Å². The highest BCUT2D eigenvalue weighted by Crippen LogP contribution is 2.12. The number of carboxylic acid groups (broad SMARTS) is 1. The molecule has 1 rings (SSSR count). The molecule has 1 heterocycles. The molecule has 0 aromatic heterocycles. The van der Waals surface area contributed by atoms with Crippen LogP contribution in [0.1, 0.15) is 33.1 Å². The molecular formula is C14H26N4O4. The lowest BCUT2D eigenvalue weighted by Gasteiger charge is -2.20. The van der Waals surface area contributed by atoms with Crippen LogP contribution in [0.25, 0.3) is 0 Å². The molecule has 1 fully saturated rings. The Labute approximate surface area is 130 Å². The fourth-order valence-electron chi connectivity index (χ4n) is 2.15. The highest BCUT2D eigenvalue weighted by atomic mass is 16.4. The lowest BCUT2D eigenvalue weighted by Crippen LogP contribution is -2.49. The van der Waals surface area contributed by atoms with Gasteiger partial charge in [0.05, 0.1) is 0 Å². The number of aliphatic carboxylic acids is 1. The Morgan fingerprint density at radius 1 is 1.23 bits per heavy atom. The largest absolute Gasteiger partial charge is 0.480 e. The van der Waals surface area contributed by atoms with Crippen LogP contribution in [0.5, 0.6) is 0 Å². The molecule has 0 saturated carbocycles. The van der Waals surface area contributed by atoms with E-state index in [-0.39, 0.29) is 11.8 Å². The van der Waals surface area contributed by atoms with E-state index in [1.165, 1.54) is 0 Å². The number of unbranched alkanes of at least 4 members (excludes halogenated alkanes) is 1. The molecular weight excluding hydrogens is 288 g/mol. The number of nitrogens with two attached hydrogens (primary N) is 1. The van der Waals surface area contributed by atoms with Crippen LogP contribution in [0, 0.1) is 5.92 Å². The molecule has 8 heteroatoms. The van der Waals surface area contributed by atoms with Crippen LogP contribution in [0.15, 0.2) is 0 Å². The quantitative estimate of drug-likeness (QED) is 0.253. The van der Waals surface area contributed by atoms with Crippen molar-refractivity contribution < 1.29 is 19.5 Å². The molecule has 2 amide bonds. The van der Waals surface area contributed by atoms with Gasteiger partial charge >= 0.3 is 5.97 Å². The lowest BCUT2D eigenvalue weighted by atomic mass is 10.0. The first-order valence-corrected chi connectivity index (χ1v) is 7.63. The van der Waals surface area contributed by atoms with E-state index in [2.05, 4.69) is 16.0 Å². The molecule has 0 radical (unpaired) electrons. The van der Waals surface area contributed by atoms with Crippen LogP contribution in [0.3, 0.4) is 0 Å². The summed E-state index contributed by atoms with van der Waals surface area (Å²) in [6, 6.07) is -2.26. The monoisotopic (exact) mass is 314 g/mol. The summed E-state index contributed by atoms with van der Waals surface area (Å²) in [5.74, 6) is -1.53. The van der Waals surface area contributed by atoms with E-state index >= 15 is 0 Å². The first-order chi connectivity index (χ1) is 10.4. The van der Waals surface area contributed by atoms with Gasteiger partial charge in [-0.3, -0.25) is 19.7 Å². The van der Waals surface area contributed by atoms with Gasteiger partial charge in [-0.05, 0) is 31.7 Å². The minimum Gasteiger partial charge on any atom is -0.480 e. The van der Waals surface area contributed by atoms with E-state index in [0.29, 0.717) is 19.5 Å². The molecule has 0 aromatic carbocycles. The number of nitrogens with one attached hydrogen (secondary N) is 3. The van der Waals surface area contributed by atoms with Crippen LogP contribution in [0.4, 0.5) is 0 Å². The number of carbonyl (C=O) groups excluding carboxylic acids is 2. The van der Waals surface area contributed by atoms with E-state index < -0.39 is 30.0 Å². The second-order valence-electron chi connectivity index (χ2n) is 5.94. The summed E-state index contributed by atoms with van der Waals surface area (Å²) < 4.78 is 0. The van der Waals surface area contributed by atoms with Crippen molar-refractivity contribution in [2.45, 2.75) is 51.2 Å². The fraction of sp³-hybridized carbons (Fsp3) is 0.786. The molecule has 0 unspecified atom stereocenters.